The van der Waals surface area contributed by atoms with Crippen LogP contribution in [0.25, 0.3) is 11.1 Å². The summed E-state index contributed by atoms with van der Waals surface area (Å²) in [5, 5.41) is 18.2. The first-order valence-electron chi connectivity index (χ1n) is 10.1. The molecule has 2 N–H and O–H groups in total. The standard InChI is InChI=1S/C25H28O6/c1-4-5-6-7-19-8-10-20(11-9-19)21-12-22(30-24(28)17(2)15-26)14-23(13-21)31-25(29)18(3)16-27/h8-14,26-27H,2-7,15-16H2,1H3. The molecule has 0 saturated carbocycles. The zero-order valence-corrected chi connectivity index (χ0v) is 17.7. The number of carbonyl (C=O) groups is 2. The molecular weight excluding hydrogens is 396 g/mol. The molecule has 6 nitrogen and oxygen atoms in total. The Labute approximate surface area is 182 Å². The largest absolute Gasteiger partial charge is 0.423 e. The summed E-state index contributed by atoms with van der Waals surface area (Å²) in [5.74, 6) is -1.33. The Kier molecular flexibility index (Phi) is 9.18. The molecule has 0 radical (unpaired) electrons. The van der Waals surface area contributed by atoms with Gasteiger partial charge in [0.15, 0.2) is 0 Å². The number of hydrogen-bond donors (Lipinski definition) is 2. The first kappa shape index (κ1) is 24.1. The number of hydrogen-bond acceptors (Lipinski definition) is 6. The van der Waals surface area contributed by atoms with Crippen molar-refractivity contribution in [1.29, 1.82) is 0 Å². The van der Waals surface area contributed by atoms with Gasteiger partial charge in [-0.1, -0.05) is 57.2 Å². The van der Waals surface area contributed by atoms with Gasteiger partial charge in [0, 0.05) is 6.07 Å². The van der Waals surface area contributed by atoms with E-state index in [1.54, 1.807) is 12.1 Å². The Hall–Kier alpha value is -3.22. The average molecular weight is 424 g/mol. The van der Waals surface area contributed by atoms with Crippen molar-refractivity contribution in [2.75, 3.05) is 13.2 Å². The van der Waals surface area contributed by atoms with E-state index in [1.807, 2.05) is 24.3 Å². The van der Waals surface area contributed by atoms with Crippen LogP contribution in [0.5, 0.6) is 11.5 Å². The number of aliphatic hydroxyl groups is 2. The maximum Gasteiger partial charge on any atom is 0.341 e. The molecule has 0 fully saturated rings. The fraction of sp³-hybridized carbons (Fsp3) is 0.280. The van der Waals surface area contributed by atoms with Crippen LogP contribution >= 0.6 is 0 Å². The summed E-state index contributed by atoms with van der Waals surface area (Å²) < 4.78 is 10.5. The molecule has 31 heavy (non-hydrogen) atoms. The lowest BCUT2D eigenvalue weighted by atomic mass is 10.0. The monoisotopic (exact) mass is 424 g/mol. The van der Waals surface area contributed by atoms with Crippen molar-refractivity contribution < 1.29 is 29.3 Å². The van der Waals surface area contributed by atoms with E-state index in [-0.39, 0.29) is 22.6 Å². The Balaban J connectivity index is 2.33. The lowest BCUT2D eigenvalue weighted by Gasteiger charge is -2.12. The van der Waals surface area contributed by atoms with Gasteiger partial charge >= 0.3 is 11.9 Å². The molecule has 0 amide bonds. The first-order chi connectivity index (χ1) is 14.9. The van der Waals surface area contributed by atoms with E-state index in [0.29, 0.717) is 5.56 Å². The minimum Gasteiger partial charge on any atom is -0.423 e. The summed E-state index contributed by atoms with van der Waals surface area (Å²) in [4.78, 5) is 24.0. The molecule has 0 bridgehead atoms. The average Bonchev–Trinajstić information content (AvgIpc) is 2.78. The third kappa shape index (κ3) is 7.20. The fourth-order valence-corrected chi connectivity index (χ4v) is 2.79. The normalized spacial score (nSPS) is 10.4. The van der Waals surface area contributed by atoms with Gasteiger partial charge in [-0.15, -0.1) is 0 Å². The van der Waals surface area contributed by atoms with Crippen LogP contribution in [0.3, 0.4) is 0 Å². The third-order valence-corrected chi connectivity index (χ3v) is 4.62. The van der Waals surface area contributed by atoms with Gasteiger partial charge in [-0.3, -0.25) is 0 Å². The van der Waals surface area contributed by atoms with E-state index in [1.165, 1.54) is 18.1 Å². The topological polar surface area (TPSA) is 93.1 Å². The molecule has 2 aromatic carbocycles. The van der Waals surface area contributed by atoms with E-state index in [0.717, 1.165) is 24.8 Å². The van der Waals surface area contributed by atoms with E-state index < -0.39 is 25.2 Å². The number of carbonyl (C=O) groups excluding carboxylic acids is 2. The Morgan fingerprint density at radius 3 is 1.77 bits per heavy atom. The summed E-state index contributed by atoms with van der Waals surface area (Å²) >= 11 is 0. The highest BCUT2D eigenvalue weighted by molar-refractivity contribution is 5.91. The predicted molar refractivity (Wildman–Crippen MR) is 119 cm³/mol. The summed E-state index contributed by atoms with van der Waals surface area (Å²) in [5.41, 5.74) is 2.53. The molecule has 0 aliphatic rings. The fourth-order valence-electron chi connectivity index (χ4n) is 2.79. The van der Waals surface area contributed by atoms with Gasteiger partial charge in [0.1, 0.15) is 11.5 Å². The predicted octanol–water partition coefficient (Wildman–Crippen LogP) is 3.99. The van der Waals surface area contributed by atoms with Crippen LogP contribution in [0.2, 0.25) is 0 Å². The molecule has 0 heterocycles. The lowest BCUT2D eigenvalue weighted by Crippen LogP contribution is -2.14. The van der Waals surface area contributed by atoms with Crippen LogP contribution in [0, 0.1) is 0 Å². The van der Waals surface area contributed by atoms with Crippen molar-refractivity contribution in [2.45, 2.75) is 32.6 Å². The van der Waals surface area contributed by atoms with Gasteiger partial charge < -0.3 is 19.7 Å². The van der Waals surface area contributed by atoms with E-state index >= 15 is 0 Å². The van der Waals surface area contributed by atoms with Crippen molar-refractivity contribution in [3.05, 3.63) is 72.3 Å². The van der Waals surface area contributed by atoms with Crippen LogP contribution in [-0.4, -0.2) is 35.4 Å². The highest BCUT2D eigenvalue weighted by atomic mass is 16.5. The molecule has 6 heteroatoms. The van der Waals surface area contributed by atoms with Crippen LogP contribution in [0.15, 0.2) is 66.8 Å². The first-order valence-corrected chi connectivity index (χ1v) is 10.1. The van der Waals surface area contributed by atoms with E-state index in [2.05, 4.69) is 20.1 Å². The van der Waals surface area contributed by atoms with Crippen LogP contribution in [0.1, 0.15) is 31.7 Å². The number of benzene rings is 2. The molecule has 0 aliphatic carbocycles. The third-order valence-electron chi connectivity index (χ3n) is 4.62. The molecule has 164 valence electrons. The minimum atomic E-state index is -0.789. The molecule has 0 spiro atoms. The number of unbranched alkanes of at least 4 members (excludes halogenated alkanes) is 2. The van der Waals surface area contributed by atoms with Crippen LogP contribution in [0.4, 0.5) is 0 Å². The zero-order chi connectivity index (χ0) is 22.8. The van der Waals surface area contributed by atoms with Crippen LogP contribution in [-0.2, 0) is 16.0 Å². The molecule has 0 unspecified atom stereocenters. The SMILES string of the molecule is C=C(CO)C(=O)Oc1cc(OC(=O)C(=C)CO)cc(-c2ccc(CCCCC)cc2)c1. The zero-order valence-electron chi connectivity index (χ0n) is 17.7. The lowest BCUT2D eigenvalue weighted by molar-refractivity contribution is -0.131. The number of esters is 2. The van der Waals surface area contributed by atoms with Gasteiger partial charge in [-0.2, -0.15) is 0 Å². The van der Waals surface area contributed by atoms with Gasteiger partial charge in [0.2, 0.25) is 0 Å². The molecule has 2 aromatic rings. The van der Waals surface area contributed by atoms with Crippen molar-refractivity contribution in [3.8, 4) is 22.6 Å². The second kappa shape index (κ2) is 11.8. The van der Waals surface area contributed by atoms with Gasteiger partial charge in [-0.05, 0) is 41.7 Å². The quantitative estimate of drug-likeness (QED) is 0.245. The number of aryl methyl sites for hydroxylation is 1. The summed E-state index contributed by atoms with van der Waals surface area (Å²) in [6.45, 7) is 7.99. The number of aliphatic hydroxyl groups excluding tert-OH is 2. The molecule has 0 aliphatic heterocycles. The molecule has 0 saturated heterocycles. The molecule has 0 aromatic heterocycles. The Morgan fingerprint density at radius 1 is 0.806 bits per heavy atom. The number of ether oxygens (including phenoxy) is 2. The van der Waals surface area contributed by atoms with Crippen LogP contribution < -0.4 is 9.47 Å². The van der Waals surface area contributed by atoms with Crippen molar-refractivity contribution in [3.63, 3.8) is 0 Å². The molecule has 2 rings (SSSR count). The maximum atomic E-state index is 12.0. The smallest absolute Gasteiger partial charge is 0.341 e. The van der Waals surface area contributed by atoms with E-state index in [4.69, 9.17) is 19.7 Å². The maximum absolute atomic E-state index is 12.0. The summed E-state index contributed by atoms with van der Waals surface area (Å²) in [6, 6.07) is 12.6. The minimum absolute atomic E-state index is 0.103. The molecule has 0 atom stereocenters. The summed E-state index contributed by atoms with van der Waals surface area (Å²) in [6.07, 6.45) is 4.48. The summed E-state index contributed by atoms with van der Waals surface area (Å²) in [7, 11) is 0. The van der Waals surface area contributed by atoms with Crippen molar-refractivity contribution >= 4 is 11.9 Å². The second-order valence-corrected chi connectivity index (χ2v) is 7.15. The van der Waals surface area contributed by atoms with Gasteiger partial charge in [-0.25, -0.2) is 9.59 Å². The van der Waals surface area contributed by atoms with E-state index in [9.17, 15) is 9.59 Å². The Bertz CT molecular complexity index is 895. The number of rotatable bonds is 11. The van der Waals surface area contributed by atoms with Crippen molar-refractivity contribution in [2.24, 2.45) is 0 Å². The molecular formula is C25H28O6. The van der Waals surface area contributed by atoms with Gasteiger partial charge in [0.05, 0.1) is 24.4 Å². The second-order valence-electron chi connectivity index (χ2n) is 7.15. The van der Waals surface area contributed by atoms with Crippen molar-refractivity contribution in [1.82, 2.24) is 0 Å². The Morgan fingerprint density at radius 2 is 1.32 bits per heavy atom. The highest BCUT2D eigenvalue weighted by Crippen LogP contribution is 2.31. The van der Waals surface area contributed by atoms with Gasteiger partial charge in [0.25, 0.3) is 0 Å². The highest BCUT2D eigenvalue weighted by Gasteiger charge is 2.15.